The highest BCUT2D eigenvalue weighted by atomic mass is 19.1. The number of aryl methyl sites for hydroxylation is 2. The van der Waals surface area contributed by atoms with Crippen molar-refractivity contribution in [1.29, 1.82) is 0 Å². The molecule has 0 radical (unpaired) electrons. The number of nitrogens with one attached hydrogen (secondary N) is 1. The summed E-state index contributed by atoms with van der Waals surface area (Å²) in [5, 5.41) is 2.91. The lowest BCUT2D eigenvalue weighted by molar-refractivity contribution is 0.191. The molecule has 5 nitrogen and oxygen atoms in total. The second-order valence-electron chi connectivity index (χ2n) is 6.80. The van der Waals surface area contributed by atoms with E-state index in [2.05, 4.69) is 16.3 Å². The Morgan fingerprint density at radius 2 is 1.78 bits per heavy atom. The van der Waals surface area contributed by atoms with Crippen molar-refractivity contribution in [3.63, 3.8) is 0 Å². The molecule has 6 heteroatoms. The van der Waals surface area contributed by atoms with Crippen molar-refractivity contribution in [3.8, 4) is 5.75 Å². The van der Waals surface area contributed by atoms with E-state index in [9.17, 15) is 9.18 Å². The van der Waals surface area contributed by atoms with E-state index in [0.29, 0.717) is 26.2 Å². The first-order valence-corrected chi connectivity index (χ1v) is 9.26. The lowest BCUT2D eigenvalue weighted by atomic mass is 10.1. The van der Waals surface area contributed by atoms with Gasteiger partial charge in [0.05, 0.1) is 6.54 Å². The van der Waals surface area contributed by atoms with Gasteiger partial charge in [-0.25, -0.2) is 9.18 Å². The van der Waals surface area contributed by atoms with Gasteiger partial charge in [-0.15, -0.1) is 0 Å². The second kappa shape index (κ2) is 8.75. The van der Waals surface area contributed by atoms with Gasteiger partial charge in [-0.2, -0.15) is 0 Å². The third-order valence-corrected chi connectivity index (χ3v) is 4.74. The number of hydrogen-bond donors (Lipinski definition) is 1. The number of halogens is 1. The topological polar surface area (TPSA) is 44.8 Å². The number of nitrogens with zero attached hydrogens (tertiary/aromatic N) is 2. The molecule has 27 heavy (non-hydrogen) atoms. The zero-order chi connectivity index (χ0) is 19.2. The molecule has 2 aromatic carbocycles. The van der Waals surface area contributed by atoms with E-state index < -0.39 is 0 Å². The monoisotopic (exact) mass is 371 g/mol. The highest BCUT2D eigenvalue weighted by molar-refractivity contribution is 5.74. The fourth-order valence-corrected chi connectivity index (χ4v) is 3.11. The van der Waals surface area contributed by atoms with Crippen LogP contribution in [0.25, 0.3) is 0 Å². The maximum Gasteiger partial charge on any atom is 0.317 e. The van der Waals surface area contributed by atoms with Gasteiger partial charge in [0.15, 0.2) is 0 Å². The molecule has 0 spiro atoms. The highest BCUT2D eigenvalue weighted by Crippen LogP contribution is 2.19. The Hall–Kier alpha value is -2.76. The molecule has 2 amide bonds. The minimum Gasteiger partial charge on any atom is -0.491 e. The van der Waals surface area contributed by atoms with Crippen molar-refractivity contribution in [1.82, 2.24) is 10.2 Å². The van der Waals surface area contributed by atoms with E-state index in [1.54, 1.807) is 17.0 Å². The van der Waals surface area contributed by atoms with Crippen LogP contribution in [0.15, 0.2) is 42.5 Å². The summed E-state index contributed by atoms with van der Waals surface area (Å²) in [6.07, 6.45) is 0. The summed E-state index contributed by atoms with van der Waals surface area (Å²) in [6, 6.07) is 12.5. The SMILES string of the molecule is Cc1ccc(C)c(OCCNC(=O)N2CCN(c3ccc(F)cc3)CC2)c1. The van der Waals surface area contributed by atoms with Gasteiger partial charge in [0, 0.05) is 31.9 Å². The largest absolute Gasteiger partial charge is 0.491 e. The van der Waals surface area contributed by atoms with Gasteiger partial charge in [-0.3, -0.25) is 0 Å². The minimum atomic E-state index is -0.236. The van der Waals surface area contributed by atoms with Crippen molar-refractivity contribution in [2.45, 2.75) is 13.8 Å². The summed E-state index contributed by atoms with van der Waals surface area (Å²) in [5.41, 5.74) is 3.22. The zero-order valence-corrected chi connectivity index (χ0v) is 15.9. The van der Waals surface area contributed by atoms with E-state index in [1.807, 2.05) is 26.0 Å². The quantitative estimate of drug-likeness (QED) is 0.820. The molecule has 2 aromatic rings. The van der Waals surface area contributed by atoms with Crippen LogP contribution in [0.4, 0.5) is 14.9 Å². The summed E-state index contributed by atoms with van der Waals surface area (Å²) in [7, 11) is 0. The molecule has 1 heterocycles. The number of amides is 2. The normalized spacial score (nSPS) is 14.2. The number of piperazine rings is 1. The Bertz CT molecular complexity index is 771. The summed E-state index contributed by atoms with van der Waals surface area (Å²) < 4.78 is 18.8. The van der Waals surface area contributed by atoms with Gasteiger partial charge in [0.25, 0.3) is 0 Å². The number of benzene rings is 2. The summed E-state index contributed by atoms with van der Waals surface area (Å²) in [5.74, 6) is 0.622. The zero-order valence-electron chi connectivity index (χ0n) is 15.9. The van der Waals surface area contributed by atoms with Gasteiger partial charge in [0.2, 0.25) is 0 Å². The second-order valence-corrected chi connectivity index (χ2v) is 6.80. The minimum absolute atomic E-state index is 0.0710. The molecule has 0 saturated carbocycles. The fourth-order valence-electron chi connectivity index (χ4n) is 3.11. The molecule has 3 rings (SSSR count). The summed E-state index contributed by atoms with van der Waals surface area (Å²) >= 11 is 0. The van der Waals surface area contributed by atoms with E-state index in [-0.39, 0.29) is 11.8 Å². The van der Waals surface area contributed by atoms with Crippen LogP contribution < -0.4 is 15.0 Å². The van der Waals surface area contributed by atoms with E-state index >= 15 is 0 Å². The predicted molar refractivity (Wildman–Crippen MR) is 105 cm³/mol. The Kier molecular flexibility index (Phi) is 6.16. The Labute approximate surface area is 159 Å². The lowest BCUT2D eigenvalue weighted by Gasteiger charge is -2.36. The van der Waals surface area contributed by atoms with Crippen LogP contribution in [-0.4, -0.2) is 50.3 Å². The average molecular weight is 371 g/mol. The average Bonchev–Trinajstić information content (AvgIpc) is 2.68. The van der Waals surface area contributed by atoms with Crippen LogP contribution in [0.3, 0.4) is 0 Å². The molecule has 0 unspecified atom stereocenters. The smallest absolute Gasteiger partial charge is 0.317 e. The van der Waals surface area contributed by atoms with E-state index in [0.717, 1.165) is 35.7 Å². The number of rotatable bonds is 5. The molecule has 1 N–H and O–H groups in total. The first kappa shape index (κ1) is 19.0. The number of ether oxygens (including phenoxy) is 1. The van der Waals surface area contributed by atoms with Crippen LogP contribution in [0, 0.1) is 19.7 Å². The maximum absolute atomic E-state index is 13.0. The highest BCUT2D eigenvalue weighted by Gasteiger charge is 2.21. The van der Waals surface area contributed by atoms with Crippen LogP contribution in [0.2, 0.25) is 0 Å². The van der Waals surface area contributed by atoms with Gasteiger partial charge in [-0.05, 0) is 55.3 Å². The van der Waals surface area contributed by atoms with Crippen LogP contribution in [0.5, 0.6) is 5.75 Å². The number of anilines is 1. The van der Waals surface area contributed by atoms with Gasteiger partial charge in [-0.1, -0.05) is 12.1 Å². The molecule has 1 fully saturated rings. The van der Waals surface area contributed by atoms with Crippen molar-refractivity contribution in [2.24, 2.45) is 0 Å². The Balaban J connectivity index is 1.39. The molecule has 0 atom stereocenters. The first-order valence-electron chi connectivity index (χ1n) is 9.26. The van der Waals surface area contributed by atoms with Gasteiger partial charge >= 0.3 is 6.03 Å². The number of carbonyl (C=O) groups is 1. The number of urea groups is 1. The molecule has 0 aromatic heterocycles. The van der Waals surface area contributed by atoms with Gasteiger partial charge in [0.1, 0.15) is 18.2 Å². The molecule has 1 aliphatic heterocycles. The van der Waals surface area contributed by atoms with E-state index in [4.69, 9.17) is 4.74 Å². The van der Waals surface area contributed by atoms with E-state index in [1.165, 1.54) is 12.1 Å². The van der Waals surface area contributed by atoms with Gasteiger partial charge < -0.3 is 19.9 Å². The van der Waals surface area contributed by atoms with Crippen LogP contribution in [0.1, 0.15) is 11.1 Å². The van der Waals surface area contributed by atoms with Crippen molar-refractivity contribution >= 4 is 11.7 Å². The molecule has 1 aliphatic rings. The number of hydrogen-bond acceptors (Lipinski definition) is 3. The molecule has 144 valence electrons. The predicted octanol–water partition coefficient (Wildman–Crippen LogP) is 3.35. The third kappa shape index (κ3) is 5.12. The maximum atomic E-state index is 13.0. The lowest BCUT2D eigenvalue weighted by Crippen LogP contribution is -2.52. The molecular weight excluding hydrogens is 345 g/mol. The first-order chi connectivity index (χ1) is 13.0. The summed E-state index contributed by atoms with van der Waals surface area (Å²) in [6.45, 7) is 7.68. The molecule has 0 bridgehead atoms. The number of carbonyl (C=O) groups excluding carboxylic acids is 1. The third-order valence-electron chi connectivity index (χ3n) is 4.74. The van der Waals surface area contributed by atoms with Crippen molar-refractivity contribution < 1.29 is 13.9 Å². The molecular formula is C21H26FN3O2. The van der Waals surface area contributed by atoms with Crippen LogP contribution in [-0.2, 0) is 0 Å². The van der Waals surface area contributed by atoms with Crippen molar-refractivity contribution in [2.75, 3.05) is 44.2 Å². The molecule has 0 aliphatic carbocycles. The Morgan fingerprint density at radius 1 is 1.07 bits per heavy atom. The summed E-state index contributed by atoms with van der Waals surface area (Å²) in [4.78, 5) is 16.3. The molecule has 1 saturated heterocycles. The standard InChI is InChI=1S/C21H26FN3O2/c1-16-3-4-17(2)20(15-16)27-14-9-23-21(26)25-12-10-24(11-13-25)19-7-5-18(22)6-8-19/h3-8,15H,9-14H2,1-2H3,(H,23,26). The fraction of sp³-hybridized carbons (Fsp3) is 0.381. The van der Waals surface area contributed by atoms with Crippen molar-refractivity contribution in [3.05, 3.63) is 59.4 Å². The van der Waals surface area contributed by atoms with Crippen LogP contribution >= 0.6 is 0 Å². The Morgan fingerprint density at radius 3 is 2.48 bits per heavy atom.